The number of aliphatic hydroxyl groups is 1. The van der Waals surface area contributed by atoms with Gasteiger partial charge in [0.25, 0.3) is 0 Å². The zero-order valence-corrected chi connectivity index (χ0v) is 10.8. The van der Waals surface area contributed by atoms with E-state index in [1.165, 1.54) is 0 Å². The summed E-state index contributed by atoms with van der Waals surface area (Å²) in [6, 6.07) is 7.56. The molecule has 0 saturated heterocycles. The zero-order chi connectivity index (χ0) is 13.1. The Morgan fingerprint density at radius 1 is 1.33 bits per heavy atom. The first-order valence-electron chi connectivity index (χ1n) is 5.90. The number of rotatable bonds is 4. The molecule has 0 fully saturated rings. The van der Waals surface area contributed by atoms with Crippen LogP contribution in [0.1, 0.15) is 35.6 Å². The van der Waals surface area contributed by atoms with Gasteiger partial charge in [-0.05, 0) is 32.9 Å². The molecule has 1 heterocycles. The van der Waals surface area contributed by atoms with E-state index in [0.29, 0.717) is 18.1 Å². The van der Waals surface area contributed by atoms with Gasteiger partial charge in [-0.2, -0.15) is 0 Å². The summed E-state index contributed by atoms with van der Waals surface area (Å²) in [4.78, 5) is 0. The molecule has 2 aromatic rings. The second-order valence-electron chi connectivity index (χ2n) is 4.44. The summed E-state index contributed by atoms with van der Waals surface area (Å²) in [5.74, 6) is 1.34. The highest BCUT2D eigenvalue weighted by Crippen LogP contribution is 2.27. The van der Waals surface area contributed by atoms with Crippen molar-refractivity contribution < 1.29 is 14.4 Å². The normalized spacial score (nSPS) is 12.4. The lowest BCUT2D eigenvalue weighted by Gasteiger charge is -2.13. The second-order valence-corrected chi connectivity index (χ2v) is 4.44. The van der Waals surface area contributed by atoms with E-state index in [0.717, 1.165) is 16.8 Å². The Morgan fingerprint density at radius 3 is 2.72 bits per heavy atom. The van der Waals surface area contributed by atoms with E-state index in [9.17, 15) is 5.11 Å². The number of hydrogen-bond acceptors (Lipinski definition) is 4. The third-order valence-corrected chi connectivity index (χ3v) is 2.66. The molecule has 0 aliphatic rings. The topological polar surface area (TPSA) is 55.5 Å². The van der Waals surface area contributed by atoms with Crippen LogP contribution in [0.4, 0.5) is 0 Å². The molecule has 0 unspecified atom stereocenters. The summed E-state index contributed by atoms with van der Waals surface area (Å²) < 4.78 is 10.7. The molecule has 1 aromatic heterocycles. The molecule has 96 valence electrons. The average Bonchev–Trinajstić information content (AvgIpc) is 2.73. The fourth-order valence-electron chi connectivity index (χ4n) is 1.76. The van der Waals surface area contributed by atoms with Gasteiger partial charge in [-0.3, -0.25) is 0 Å². The fourth-order valence-corrected chi connectivity index (χ4v) is 1.76. The highest BCUT2D eigenvalue weighted by molar-refractivity contribution is 5.38. The molecule has 0 saturated carbocycles. The third-order valence-electron chi connectivity index (χ3n) is 2.66. The summed E-state index contributed by atoms with van der Waals surface area (Å²) in [7, 11) is 0. The Kier molecular flexibility index (Phi) is 3.67. The zero-order valence-electron chi connectivity index (χ0n) is 10.8. The lowest BCUT2D eigenvalue weighted by molar-refractivity contribution is 0.186. The van der Waals surface area contributed by atoms with Gasteiger partial charge in [0.15, 0.2) is 5.76 Å². The van der Waals surface area contributed by atoms with Crippen molar-refractivity contribution >= 4 is 0 Å². The van der Waals surface area contributed by atoms with E-state index >= 15 is 0 Å². The van der Waals surface area contributed by atoms with Crippen LogP contribution in [0.2, 0.25) is 0 Å². The van der Waals surface area contributed by atoms with Crippen LogP contribution < -0.4 is 4.74 Å². The molecule has 2 rings (SSSR count). The van der Waals surface area contributed by atoms with Crippen LogP contribution in [-0.4, -0.2) is 10.3 Å². The predicted molar refractivity (Wildman–Crippen MR) is 67.4 cm³/mol. The summed E-state index contributed by atoms with van der Waals surface area (Å²) in [6.07, 6.45) is -0.559. The van der Waals surface area contributed by atoms with Gasteiger partial charge < -0.3 is 14.4 Å². The van der Waals surface area contributed by atoms with E-state index in [1.807, 2.05) is 38.1 Å². The minimum Gasteiger partial charge on any atom is -0.485 e. The first-order valence-corrected chi connectivity index (χ1v) is 5.90. The van der Waals surface area contributed by atoms with Gasteiger partial charge in [0.1, 0.15) is 12.4 Å². The molecule has 18 heavy (non-hydrogen) atoms. The molecule has 1 aromatic carbocycles. The van der Waals surface area contributed by atoms with Crippen LogP contribution in [0, 0.1) is 13.8 Å². The van der Waals surface area contributed by atoms with Crippen molar-refractivity contribution in [3.63, 3.8) is 0 Å². The van der Waals surface area contributed by atoms with E-state index in [1.54, 1.807) is 6.92 Å². The maximum absolute atomic E-state index is 9.71. The Bertz CT molecular complexity index is 532. The van der Waals surface area contributed by atoms with Gasteiger partial charge in [-0.15, -0.1) is 0 Å². The molecule has 0 bridgehead atoms. The molecular weight excluding hydrogens is 230 g/mol. The van der Waals surface area contributed by atoms with Gasteiger partial charge in [-0.1, -0.05) is 16.8 Å². The number of aromatic nitrogens is 1. The quantitative estimate of drug-likeness (QED) is 0.902. The minimum atomic E-state index is -0.559. The van der Waals surface area contributed by atoms with Crippen molar-refractivity contribution in [2.24, 2.45) is 0 Å². The SMILES string of the molecule is Cc1ccc(OCc2cc(C)no2)c([C@H](C)O)c1. The number of hydrogen-bond donors (Lipinski definition) is 1. The Morgan fingerprint density at radius 2 is 2.11 bits per heavy atom. The lowest BCUT2D eigenvalue weighted by atomic mass is 10.1. The van der Waals surface area contributed by atoms with Crippen molar-refractivity contribution in [2.45, 2.75) is 33.5 Å². The van der Waals surface area contributed by atoms with Crippen LogP contribution in [0.25, 0.3) is 0 Å². The first kappa shape index (κ1) is 12.6. The average molecular weight is 247 g/mol. The van der Waals surface area contributed by atoms with E-state index in [4.69, 9.17) is 9.26 Å². The molecule has 0 amide bonds. The standard InChI is InChI=1S/C14H17NO3/c1-9-4-5-14(13(6-9)11(3)16)17-8-12-7-10(2)15-18-12/h4-7,11,16H,8H2,1-3H3/t11-/m0/s1. The van der Waals surface area contributed by atoms with Gasteiger partial charge in [-0.25, -0.2) is 0 Å². The first-order chi connectivity index (χ1) is 8.56. The lowest BCUT2D eigenvalue weighted by Crippen LogP contribution is -2.00. The molecule has 0 radical (unpaired) electrons. The monoisotopic (exact) mass is 247 g/mol. The van der Waals surface area contributed by atoms with Crippen LogP contribution in [0.5, 0.6) is 5.75 Å². The molecule has 0 aliphatic heterocycles. The van der Waals surface area contributed by atoms with Crippen molar-refractivity contribution in [3.8, 4) is 5.75 Å². The van der Waals surface area contributed by atoms with Crippen molar-refractivity contribution in [1.82, 2.24) is 5.16 Å². The van der Waals surface area contributed by atoms with Crippen LogP contribution in [0.3, 0.4) is 0 Å². The van der Waals surface area contributed by atoms with E-state index < -0.39 is 6.10 Å². The maximum atomic E-state index is 9.71. The number of aliphatic hydroxyl groups excluding tert-OH is 1. The molecular formula is C14H17NO3. The van der Waals surface area contributed by atoms with Gasteiger partial charge in [0.2, 0.25) is 0 Å². The summed E-state index contributed by atoms with van der Waals surface area (Å²) in [6.45, 7) is 5.87. The predicted octanol–water partition coefficient (Wildman–Crippen LogP) is 2.92. The van der Waals surface area contributed by atoms with E-state index in [-0.39, 0.29) is 0 Å². The molecule has 4 nitrogen and oxygen atoms in total. The number of aryl methyl sites for hydroxylation is 2. The van der Waals surface area contributed by atoms with Gasteiger partial charge >= 0.3 is 0 Å². The van der Waals surface area contributed by atoms with Crippen molar-refractivity contribution in [3.05, 3.63) is 46.8 Å². The summed E-state index contributed by atoms with van der Waals surface area (Å²) in [5.41, 5.74) is 2.70. The van der Waals surface area contributed by atoms with Crippen LogP contribution in [-0.2, 0) is 6.61 Å². The second kappa shape index (κ2) is 5.23. The highest BCUT2D eigenvalue weighted by Gasteiger charge is 2.10. The fraction of sp³-hybridized carbons (Fsp3) is 0.357. The maximum Gasteiger partial charge on any atom is 0.174 e. The Balaban J connectivity index is 2.13. The summed E-state index contributed by atoms with van der Waals surface area (Å²) in [5, 5.41) is 13.5. The van der Waals surface area contributed by atoms with Crippen molar-refractivity contribution in [2.75, 3.05) is 0 Å². The largest absolute Gasteiger partial charge is 0.485 e. The summed E-state index contributed by atoms with van der Waals surface area (Å²) >= 11 is 0. The van der Waals surface area contributed by atoms with Crippen LogP contribution >= 0.6 is 0 Å². The van der Waals surface area contributed by atoms with Gasteiger partial charge in [0, 0.05) is 11.6 Å². The molecule has 0 aliphatic carbocycles. The number of nitrogens with zero attached hydrogens (tertiary/aromatic N) is 1. The highest BCUT2D eigenvalue weighted by atomic mass is 16.5. The Hall–Kier alpha value is -1.81. The minimum absolute atomic E-state index is 0.309. The van der Waals surface area contributed by atoms with E-state index in [2.05, 4.69) is 5.16 Å². The van der Waals surface area contributed by atoms with Crippen LogP contribution in [0.15, 0.2) is 28.8 Å². The molecule has 0 spiro atoms. The number of benzene rings is 1. The molecule has 1 atom stereocenters. The smallest absolute Gasteiger partial charge is 0.174 e. The van der Waals surface area contributed by atoms with Crippen molar-refractivity contribution in [1.29, 1.82) is 0 Å². The third kappa shape index (κ3) is 2.90. The number of ether oxygens (including phenoxy) is 1. The van der Waals surface area contributed by atoms with Gasteiger partial charge in [0.05, 0.1) is 11.8 Å². The molecule has 1 N–H and O–H groups in total. The Labute approximate surface area is 106 Å². The molecule has 4 heteroatoms.